The minimum absolute atomic E-state index is 0.188. The lowest BCUT2D eigenvalue weighted by atomic mass is 9.93. The van der Waals surface area contributed by atoms with Crippen LogP contribution in [0.2, 0.25) is 0 Å². The maximum Gasteiger partial charge on any atom is 0.416 e. The van der Waals surface area contributed by atoms with Gasteiger partial charge >= 0.3 is 6.18 Å². The number of carbonyl (C=O) groups excluding carboxylic acids is 1. The number of carbonyl (C=O) groups is 1. The Bertz CT molecular complexity index is 696. The fourth-order valence-electron chi connectivity index (χ4n) is 2.41. The second-order valence-corrected chi connectivity index (χ2v) is 4.85. The first-order valence-electron chi connectivity index (χ1n) is 6.39. The molecule has 0 saturated heterocycles. The van der Waals surface area contributed by atoms with Crippen LogP contribution >= 0.6 is 0 Å². The third kappa shape index (κ3) is 2.61. The average Bonchev–Trinajstić information content (AvgIpc) is 2.46. The van der Waals surface area contributed by atoms with Gasteiger partial charge in [-0.05, 0) is 30.2 Å². The van der Waals surface area contributed by atoms with Crippen LogP contribution in [0.1, 0.15) is 17.5 Å². The van der Waals surface area contributed by atoms with Crippen LogP contribution in [-0.4, -0.2) is 10.9 Å². The Morgan fingerprint density at radius 1 is 1.19 bits per heavy atom. The number of fused-ring (bicyclic) bond motifs is 1. The van der Waals surface area contributed by atoms with Gasteiger partial charge in [0.2, 0.25) is 5.91 Å². The Hall–Kier alpha value is -2.37. The van der Waals surface area contributed by atoms with Crippen molar-refractivity contribution < 1.29 is 18.0 Å². The first kappa shape index (κ1) is 13.6. The summed E-state index contributed by atoms with van der Waals surface area (Å²) in [6.07, 6.45) is -0.898. The van der Waals surface area contributed by atoms with E-state index in [0.717, 1.165) is 12.1 Å². The summed E-state index contributed by atoms with van der Waals surface area (Å²) in [5.41, 5.74) is 1.13. The zero-order valence-corrected chi connectivity index (χ0v) is 10.9. The molecule has 6 heteroatoms. The summed E-state index contributed by atoms with van der Waals surface area (Å²) >= 11 is 0. The molecule has 0 radical (unpaired) electrons. The molecule has 0 saturated carbocycles. The van der Waals surface area contributed by atoms with E-state index in [0.29, 0.717) is 28.8 Å². The number of amides is 1. The second-order valence-electron chi connectivity index (χ2n) is 4.85. The molecule has 0 atom stereocenters. The normalized spacial score (nSPS) is 14.5. The number of pyridine rings is 1. The van der Waals surface area contributed by atoms with Crippen molar-refractivity contribution in [2.45, 2.75) is 19.0 Å². The third-order valence-electron chi connectivity index (χ3n) is 3.41. The molecule has 0 spiro atoms. The van der Waals surface area contributed by atoms with E-state index in [1.807, 2.05) is 0 Å². The lowest BCUT2D eigenvalue weighted by molar-refractivity contribution is -0.137. The van der Waals surface area contributed by atoms with Crippen LogP contribution in [0.15, 0.2) is 36.7 Å². The van der Waals surface area contributed by atoms with Gasteiger partial charge in [0.05, 0.1) is 11.3 Å². The highest BCUT2D eigenvalue weighted by molar-refractivity contribution is 5.99. The van der Waals surface area contributed by atoms with Crippen LogP contribution in [0.4, 0.5) is 18.9 Å². The number of alkyl halides is 3. The van der Waals surface area contributed by atoms with E-state index in [4.69, 9.17) is 0 Å². The van der Waals surface area contributed by atoms with Crippen molar-refractivity contribution >= 4 is 11.6 Å². The van der Waals surface area contributed by atoms with Gasteiger partial charge in [-0.1, -0.05) is 6.07 Å². The van der Waals surface area contributed by atoms with Gasteiger partial charge in [-0.2, -0.15) is 13.2 Å². The van der Waals surface area contributed by atoms with Gasteiger partial charge in [-0.3, -0.25) is 9.78 Å². The Labute approximate surface area is 118 Å². The maximum atomic E-state index is 13.0. The molecule has 0 aliphatic carbocycles. The SMILES string of the molecule is O=C1CCc2cc(C(F)(F)F)cc(-c3cccnc3)c2N1. The monoisotopic (exact) mass is 292 g/mol. The fourth-order valence-corrected chi connectivity index (χ4v) is 2.41. The Morgan fingerprint density at radius 2 is 2.00 bits per heavy atom. The van der Waals surface area contributed by atoms with E-state index < -0.39 is 11.7 Å². The smallest absolute Gasteiger partial charge is 0.325 e. The number of halogens is 3. The molecule has 0 bridgehead atoms. The summed E-state index contributed by atoms with van der Waals surface area (Å²) in [4.78, 5) is 15.5. The maximum absolute atomic E-state index is 13.0. The van der Waals surface area contributed by atoms with Crippen molar-refractivity contribution in [3.05, 3.63) is 47.8 Å². The van der Waals surface area contributed by atoms with E-state index in [2.05, 4.69) is 10.3 Å². The number of hydrogen-bond donors (Lipinski definition) is 1. The van der Waals surface area contributed by atoms with E-state index in [1.165, 1.54) is 6.20 Å². The zero-order chi connectivity index (χ0) is 15.0. The topological polar surface area (TPSA) is 42.0 Å². The van der Waals surface area contributed by atoms with Gasteiger partial charge in [0.1, 0.15) is 0 Å². The van der Waals surface area contributed by atoms with Crippen molar-refractivity contribution in [1.29, 1.82) is 0 Å². The molecule has 1 aromatic heterocycles. The molecule has 0 fully saturated rings. The molecule has 2 aromatic rings. The molecule has 1 aliphatic heterocycles. The number of anilines is 1. The fraction of sp³-hybridized carbons (Fsp3) is 0.200. The predicted molar refractivity (Wildman–Crippen MR) is 71.6 cm³/mol. The molecular formula is C15H11F3N2O. The standard InChI is InChI=1S/C15H11F3N2O/c16-15(17,18)11-6-9-3-4-13(21)20-14(9)12(7-11)10-2-1-5-19-8-10/h1-2,5-8H,3-4H2,(H,20,21). The van der Waals surface area contributed by atoms with Crippen LogP contribution in [0, 0.1) is 0 Å². The van der Waals surface area contributed by atoms with Crippen LogP contribution in [0.25, 0.3) is 11.1 Å². The molecule has 21 heavy (non-hydrogen) atoms. The number of hydrogen-bond acceptors (Lipinski definition) is 2. The number of benzene rings is 1. The first-order chi connectivity index (χ1) is 9.95. The lowest BCUT2D eigenvalue weighted by Crippen LogP contribution is -2.21. The predicted octanol–water partition coefficient (Wildman–Crippen LogP) is 3.65. The summed E-state index contributed by atoms with van der Waals surface area (Å²) in [6.45, 7) is 0. The van der Waals surface area contributed by atoms with Gasteiger partial charge < -0.3 is 5.32 Å². The Kier molecular flexibility index (Phi) is 3.16. The molecule has 1 aliphatic rings. The van der Waals surface area contributed by atoms with Crippen LogP contribution in [0.5, 0.6) is 0 Å². The number of aryl methyl sites for hydroxylation is 1. The van der Waals surface area contributed by atoms with Gasteiger partial charge in [-0.25, -0.2) is 0 Å². The number of nitrogens with zero attached hydrogens (tertiary/aromatic N) is 1. The van der Waals surface area contributed by atoms with E-state index in [-0.39, 0.29) is 12.3 Å². The zero-order valence-electron chi connectivity index (χ0n) is 10.9. The van der Waals surface area contributed by atoms with Crippen molar-refractivity contribution in [3.8, 4) is 11.1 Å². The Balaban J connectivity index is 2.23. The highest BCUT2D eigenvalue weighted by atomic mass is 19.4. The first-order valence-corrected chi connectivity index (χ1v) is 6.39. The van der Waals surface area contributed by atoms with Crippen molar-refractivity contribution in [2.75, 3.05) is 5.32 Å². The van der Waals surface area contributed by atoms with E-state index in [9.17, 15) is 18.0 Å². The summed E-state index contributed by atoms with van der Waals surface area (Å²) in [5, 5.41) is 2.67. The molecule has 1 N–H and O–H groups in total. The third-order valence-corrected chi connectivity index (χ3v) is 3.41. The molecule has 108 valence electrons. The van der Waals surface area contributed by atoms with Gasteiger partial charge in [-0.15, -0.1) is 0 Å². The van der Waals surface area contributed by atoms with Crippen LogP contribution in [-0.2, 0) is 17.4 Å². The highest BCUT2D eigenvalue weighted by Gasteiger charge is 2.33. The van der Waals surface area contributed by atoms with Crippen molar-refractivity contribution in [2.24, 2.45) is 0 Å². The van der Waals surface area contributed by atoms with E-state index in [1.54, 1.807) is 18.3 Å². The summed E-state index contributed by atoms with van der Waals surface area (Å²) in [5.74, 6) is -0.188. The van der Waals surface area contributed by atoms with Crippen LogP contribution in [0.3, 0.4) is 0 Å². The average molecular weight is 292 g/mol. The second kappa shape index (κ2) is 4.87. The number of aromatic nitrogens is 1. The van der Waals surface area contributed by atoms with Gasteiger partial charge in [0.15, 0.2) is 0 Å². The number of nitrogens with one attached hydrogen (secondary N) is 1. The lowest BCUT2D eigenvalue weighted by Gasteiger charge is -2.22. The van der Waals surface area contributed by atoms with E-state index >= 15 is 0 Å². The molecule has 3 rings (SSSR count). The number of rotatable bonds is 1. The summed E-state index contributed by atoms with van der Waals surface area (Å²) in [7, 11) is 0. The molecule has 0 unspecified atom stereocenters. The Morgan fingerprint density at radius 3 is 2.67 bits per heavy atom. The molecular weight excluding hydrogens is 281 g/mol. The molecule has 2 heterocycles. The highest BCUT2D eigenvalue weighted by Crippen LogP contribution is 2.40. The van der Waals surface area contributed by atoms with Crippen molar-refractivity contribution in [3.63, 3.8) is 0 Å². The minimum Gasteiger partial charge on any atom is -0.325 e. The molecule has 3 nitrogen and oxygen atoms in total. The quantitative estimate of drug-likeness (QED) is 0.871. The van der Waals surface area contributed by atoms with Gasteiger partial charge in [0, 0.05) is 29.9 Å². The minimum atomic E-state index is -4.42. The molecule has 1 amide bonds. The van der Waals surface area contributed by atoms with Gasteiger partial charge in [0.25, 0.3) is 0 Å². The summed E-state index contributed by atoms with van der Waals surface area (Å²) < 4.78 is 39.1. The summed E-state index contributed by atoms with van der Waals surface area (Å²) in [6, 6.07) is 5.48. The van der Waals surface area contributed by atoms with Crippen LogP contribution < -0.4 is 5.32 Å². The largest absolute Gasteiger partial charge is 0.416 e. The van der Waals surface area contributed by atoms with Crippen molar-refractivity contribution in [1.82, 2.24) is 4.98 Å². The molecule has 1 aromatic carbocycles.